The van der Waals surface area contributed by atoms with Gasteiger partial charge in [-0.2, -0.15) is 4.98 Å². The van der Waals surface area contributed by atoms with Crippen molar-refractivity contribution in [3.05, 3.63) is 35.5 Å². The van der Waals surface area contributed by atoms with Crippen LogP contribution in [0.2, 0.25) is 0 Å². The van der Waals surface area contributed by atoms with E-state index in [2.05, 4.69) is 15.5 Å². The Balaban J connectivity index is 0.00000210. The number of likely N-dealkylation sites (tertiary alicyclic amines) is 1. The summed E-state index contributed by atoms with van der Waals surface area (Å²) in [7, 11) is 0. The van der Waals surface area contributed by atoms with Gasteiger partial charge in [-0.1, -0.05) is 5.16 Å². The molecule has 8 heteroatoms. The number of aromatic nitrogens is 2. The molecule has 1 amide bonds. The molecule has 0 saturated carbocycles. The average Bonchev–Trinajstić information content (AvgIpc) is 3.21. The van der Waals surface area contributed by atoms with Crippen LogP contribution in [0.25, 0.3) is 11.4 Å². The highest BCUT2D eigenvalue weighted by molar-refractivity contribution is 5.85. The molecule has 2 fully saturated rings. The molecule has 2 aliphatic heterocycles. The number of carbonyl (C=O) groups is 1. The lowest BCUT2D eigenvalue weighted by molar-refractivity contribution is -0.131. The Kier molecular flexibility index (Phi) is 6.11. The van der Waals surface area contributed by atoms with Crippen molar-refractivity contribution >= 4 is 18.3 Å². The molecule has 6 nitrogen and oxygen atoms in total. The summed E-state index contributed by atoms with van der Waals surface area (Å²) in [5, 5.41) is 7.53. The smallest absolute Gasteiger partial charge is 0.227 e. The molecule has 2 atom stereocenters. The predicted molar refractivity (Wildman–Crippen MR) is 101 cm³/mol. The minimum atomic E-state index is -0.260. The van der Waals surface area contributed by atoms with Crippen LogP contribution < -0.4 is 5.32 Å². The lowest BCUT2D eigenvalue weighted by atomic mass is 10.1. The number of aryl methyl sites for hydroxylation is 2. The number of amides is 1. The summed E-state index contributed by atoms with van der Waals surface area (Å²) < 4.78 is 18.6. The monoisotopic (exact) mass is 394 g/mol. The van der Waals surface area contributed by atoms with Crippen molar-refractivity contribution in [1.82, 2.24) is 20.4 Å². The Hall–Kier alpha value is -1.99. The fraction of sp³-hybridized carbons (Fsp3) is 0.526. The van der Waals surface area contributed by atoms with Crippen LogP contribution in [0.5, 0.6) is 0 Å². The SMILES string of the molecule is Cc1cc(-c2noc(CCC(=O)N3CCC4CCC(C3)N4)n2)ccc1F.Cl. The number of fused-ring (bicyclic) bond motifs is 2. The lowest BCUT2D eigenvalue weighted by Gasteiger charge is -2.24. The van der Waals surface area contributed by atoms with Gasteiger partial charge in [0.05, 0.1) is 0 Å². The third kappa shape index (κ3) is 4.47. The molecule has 3 heterocycles. The summed E-state index contributed by atoms with van der Waals surface area (Å²) in [4.78, 5) is 18.8. The molecule has 0 radical (unpaired) electrons. The van der Waals surface area contributed by atoms with Crippen molar-refractivity contribution in [2.24, 2.45) is 0 Å². The van der Waals surface area contributed by atoms with Crippen molar-refractivity contribution in [2.45, 2.75) is 51.1 Å². The molecule has 1 aromatic heterocycles. The first-order valence-corrected chi connectivity index (χ1v) is 9.21. The first kappa shape index (κ1) is 19.8. The van der Waals surface area contributed by atoms with Gasteiger partial charge >= 0.3 is 0 Å². The first-order chi connectivity index (χ1) is 12.6. The molecule has 0 spiro atoms. The van der Waals surface area contributed by atoms with E-state index in [1.54, 1.807) is 19.1 Å². The quantitative estimate of drug-likeness (QED) is 0.863. The number of nitrogens with zero attached hydrogens (tertiary/aromatic N) is 3. The van der Waals surface area contributed by atoms with E-state index in [-0.39, 0.29) is 24.1 Å². The zero-order valence-corrected chi connectivity index (χ0v) is 16.1. The number of halogens is 2. The fourth-order valence-electron chi connectivity index (χ4n) is 3.80. The summed E-state index contributed by atoms with van der Waals surface area (Å²) in [5.41, 5.74) is 1.24. The van der Waals surface area contributed by atoms with Gasteiger partial charge in [0.25, 0.3) is 0 Å². The van der Waals surface area contributed by atoms with Crippen LogP contribution in [-0.2, 0) is 11.2 Å². The van der Waals surface area contributed by atoms with Gasteiger partial charge in [0.15, 0.2) is 0 Å². The van der Waals surface area contributed by atoms with E-state index >= 15 is 0 Å². The molecule has 1 N–H and O–H groups in total. The zero-order valence-electron chi connectivity index (χ0n) is 15.3. The Labute approximate surface area is 163 Å². The van der Waals surface area contributed by atoms with E-state index in [4.69, 9.17) is 4.52 Å². The summed E-state index contributed by atoms with van der Waals surface area (Å²) in [6.07, 6.45) is 4.18. The van der Waals surface area contributed by atoms with Crippen LogP contribution in [0.4, 0.5) is 4.39 Å². The second-order valence-corrected chi connectivity index (χ2v) is 7.24. The minimum absolute atomic E-state index is 0. The summed E-state index contributed by atoms with van der Waals surface area (Å²) in [5.74, 6) is 0.733. The number of benzene rings is 1. The number of hydrogen-bond acceptors (Lipinski definition) is 5. The molecular weight excluding hydrogens is 371 g/mol. The van der Waals surface area contributed by atoms with Gasteiger partial charge in [-0.05, 0) is 49.9 Å². The van der Waals surface area contributed by atoms with Crippen molar-refractivity contribution < 1.29 is 13.7 Å². The van der Waals surface area contributed by atoms with E-state index in [0.717, 1.165) is 25.9 Å². The van der Waals surface area contributed by atoms with Crippen LogP contribution in [0.1, 0.15) is 37.1 Å². The first-order valence-electron chi connectivity index (χ1n) is 9.21. The number of rotatable bonds is 4. The Morgan fingerprint density at radius 2 is 2.15 bits per heavy atom. The Morgan fingerprint density at radius 3 is 2.96 bits per heavy atom. The van der Waals surface area contributed by atoms with Gasteiger partial charge in [0, 0.05) is 43.6 Å². The van der Waals surface area contributed by atoms with Crippen LogP contribution in [-0.4, -0.2) is 46.1 Å². The van der Waals surface area contributed by atoms with Gasteiger partial charge in [-0.15, -0.1) is 12.4 Å². The van der Waals surface area contributed by atoms with Crippen LogP contribution in [0.15, 0.2) is 22.7 Å². The maximum absolute atomic E-state index is 13.4. The highest BCUT2D eigenvalue weighted by Crippen LogP contribution is 2.22. The maximum Gasteiger partial charge on any atom is 0.227 e. The Morgan fingerprint density at radius 1 is 1.33 bits per heavy atom. The van der Waals surface area contributed by atoms with Gasteiger partial charge in [-0.25, -0.2) is 4.39 Å². The van der Waals surface area contributed by atoms with Crippen LogP contribution in [0.3, 0.4) is 0 Å². The normalized spacial score (nSPS) is 21.6. The second kappa shape index (κ2) is 8.35. The van der Waals surface area contributed by atoms with E-state index in [0.29, 0.717) is 47.8 Å². The molecule has 2 saturated heterocycles. The molecular formula is C19H24ClFN4O2. The van der Waals surface area contributed by atoms with Crippen molar-refractivity contribution in [3.8, 4) is 11.4 Å². The maximum atomic E-state index is 13.4. The fourth-order valence-corrected chi connectivity index (χ4v) is 3.80. The zero-order chi connectivity index (χ0) is 18.1. The molecule has 2 aliphatic rings. The van der Waals surface area contributed by atoms with Crippen LogP contribution in [0, 0.1) is 12.7 Å². The molecule has 2 bridgehead atoms. The molecule has 2 aromatic rings. The highest BCUT2D eigenvalue weighted by Gasteiger charge is 2.31. The van der Waals surface area contributed by atoms with Gasteiger partial charge in [-0.3, -0.25) is 4.79 Å². The van der Waals surface area contributed by atoms with Crippen molar-refractivity contribution in [2.75, 3.05) is 13.1 Å². The van der Waals surface area contributed by atoms with Gasteiger partial charge in [0.2, 0.25) is 17.6 Å². The Bertz CT molecular complexity index is 813. The third-order valence-electron chi connectivity index (χ3n) is 5.31. The average molecular weight is 395 g/mol. The van der Waals surface area contributed by atoms with Crippen LogP contribution >= 0.6 is 12.4 Å². The highest BCUT2D eigenvalue weighted by atomic mass is 35.5. The summed E-state index contributed by atoms with van der Waals surface area (Å²) in [6, 6.07) is 5.71. The standard InChI is InChI=1S/C19H23FN4O2.ClH/c1-12-10-13(2-5-16(12)20)19-22-17(26-23-19)6-7-18(25)24-9-8-14-3-4-15(11-24)21-14;/h2,5,10,14-15,21H,3-4,6-9,11H2,1H3;1H. The summed E-state index contributed by atoms with van der Waals surface area (Å²) in [6.45, 7) is 3.30. The van der Waals surface area contributed by atoms with Gasteiger partial charge < -0.3 is 14.7 Å². The predicted octanol–water partition coefficient (Wildman–Crippen LogP) is 2.89. The van der Waals surface area contributed by atoms with E-state index in [9.17, 15) is 9.18 Å². The molecule has 146 valence electrons. The topological polar surface area (TPSA) is 71.3 Å². The number of hydrogen-bond donors (Lipinski definition) is 1. The lowest BCUT2D eigenvalue weighted by Crippen LogP contribution is -2.39. The molecule has 1 aromatic carbocycles. The summed E-state index contributed by atoms with van der Waals surface area (Å²) >= 11 is 0. The third-order valence-corrected chi connectivity index (χ3v) is 5.31. The molecule has 0 aliphatic carbocycles. The number of nitrogens with one attached hydrogen (secondary N) is 1. The molecule has 2 unspecified atom stereocenters. The van der Waals surface area contributed by atoms with Crippen molar-refractivity contribution in [1.29, 1.82) is 0 Å². The van der Waals surface area contributed by atoms with E-state index < -0.39 is 0 Å². The second-order valence-electron chi connectivity index (χ2n) is 7.24. The minimum Gasteiger partial charge on any atom is -0.341 e. The van der Waals surface area contributed by atoms with E-state index in [1.807, 2.05) is 4.90 Å². The molecule has 27 heavy (non-hydrogen) atoms. The van der Waals surface area contributed by atoms with Crippen molar-refractivity contribution in [3.63, 3.8) is 0 Å². The van der Waals surface area contributed by atoms with Gasteiger partial charge in [0.1, 0.15) is 5.82 Å². The largest absolute Gasteiger partial charge is 0.341 e. The molecule has 4 rings (SSSR count). The van der Waals surface area contributed by atoms with E-state index in [1.165, 1.54) is 12.5 Å². The number of carbonyl (C=O) groups excluding carboxylic acids is 1.